The van der Waals surface area contributed by atoms with Crippen molar-refractivity contribution < 1.29 is 9.84 Å². The van der Waals surface area contributed by atoms with Crippen LogP contribution in [0.15, 0.2) is 12.7 Å². The number of unbranched alkanes of at least 4 members (excludes halogenated alkanes) is 12. The van der Waals surface area contributed by atoms with Crippen molar-refractivity contribution in [3.8, 4) is 0 Å². The molecule has 0 rings (SSSR count). The van der Waals surface area contributed by atoms with Crippen LogP contribution in [-0.2, 0) is 4.74 Å². The topological polar surface area (TPSA) is 29.5 Å². The first-order valence-electron chi connectivity index (χ1n) is 9.21. The van der Waals surface area contributed by atoms with Crippen LogP contribution in [0.5, 0.6) is 0 Å². The van der Waals surface area contributed by atoms with Crippen LogP contribution in [-0.4, -0.2) is 24.9 Å². The molecule has 0 radical (unpaired) electrons. The molecule has 2 heteroatoms. The van der Waals surface area contributed by atoms with Crippen LogP contribution >= 0.6 is 0 Å². The van der Waals surface area contributed by atoms with E-state index in [1.807, 2.05) is 6.08 Å². The molecule has 0 aliphatic carbocycles. The molecule has 0 aromatic rings. The maximum absolute atomic E-state index is 8.68. The van der Waals surface area contributed by atoms with Gasteiger partial charge in [-0.2, -0.15) is 0 Å². The average molecular weight is 299 g/mol. The zero-order valence-electron chi connectivity index (χ0n) is 14.2. The Morgan fingerprint density at radius 3 is 1.52 bits per heavy atom. The Kier molecular flexibility index (Phi) is 19.3. The standard InChI is InChI=1S/C19H38O2/c1-2-3-4-5-12-15-18-21-19-16-13-10-8-6-7-9-11-14-17-20/h2,20H,1,3-19H2. The SMILES string of the molecule is C=CCCCCCCOCCCCCCCCCCCO. The third kappa shape index (κ3) is 19.7. The normalized spacial score (nSPS) is 10.9. The fourth-order valence-corrected chi connectivity index (χ4v) is 2.50. The first-order chi connectivity index (χ1) is 10.4. The third-order valence-electron chi connectivity index (χ3n) is 3.89. The number of hydrogen-bond donors (Lipinski definition) is 1. The summed E-state index contributed by atoms with van der Waals surface area (Å²) in [6.07, 6.45) is 19.7. The molecule has 0 spiro atoms. The van der Waals surface area contributed by atoms with Crippen molar-refractivity contribution in [1.82, 2.24) is 0 Å². The van der Waals surface area contributed by atoms with E-state index in [1.54, 1.807) is 0 Å². The number of rotatable bonds is 18. The summed E-state index contributed by atoms with van der Waals surface area (Å²) in [5.74, 6) is 0. The first-order valence-corrected chi connectivity index (χ1v) is 9.21. The molecule has 0 fully saturated rings. The monoisotopic (exact) mass is 298 g/mol. The highest BCUT2D eigenvalue weighted by Gasteiger charge is 1.94. The summed E-state index contributed by atoms with van der Waals surface area (Å²) in [4.78, 5) is 0. The van der Waals surface area contributed by atoms with Gasteiger partial charge in [0, 0.05) is 19.8 Å². The predicted octanol–water partition coefficient (Wildman–Crippen LogP) is 5.64. The largest absolute Gasteiger partial charge is 0.396 e. The van der Waals surface area contributed by atoms with Gasteiger partial charge in [-0.05, 0) is 32.1 Å². The molecular weight excluding hydrogens is 260 g/mol. The Bertz CT molecular complexity index is 192. The Hall–Kier alpha value is -0.340. The second kappa shape index (κ2) is 19.7. The van der Waals surface area contributed by atoms with Crippen LogP contribution in [0.4, 0.5) is 0 Å². The summed E-state index contributed by atoms with van der Waals surface area (Å²) in [6, 6.07) is 0. The van der Waals surface area contributed by atoms with E-state index in [4.69, 9.17) is 9.84 Å². The number of aliphatic hydroxyl groups excluding tert-OH is 1. The molecule has 0 atom stereocenters. The van der Waals surface area contributed by atoms with Crippen molar-refractivity contribution in [3.05, 3.63) is 12.7 Å². The van der Waals surface area contributed by atoms with Crippen LogP contribution in [0.3, 0.4) is 0 Å². The first kappa shape index (κ1) is 20.7. The maximum atomic E-state index is 8.68. The van der Waals surface area contributed by atoms with E-state index in [-0.39, 0.29) is 0 Å². The van der Waals surface area contributed by atoms with Crippen molar-refractivity contribution in [2.75, 3.05) is 19.8 Å². The van der Waals surface area contributed by atoms with E-state index in [9.17, 15) is 0 Å². The van der Waals surface area contributed by atoms with Crippen molar-refractivity contribution in [2.45, 2.75) is 89.9 Å². The van der Waals surface area contributed by atoms with Crippen LogP contribution < -0.4 is 0 Å². The highest BCUT2D eigenvalue weighted by molar-refractivity contribution is 4.65. The van der Waals surface area contributed by atoms with E-state index >= 15 is 0 Å². The molecule has 0 aromatic carbocycles. The van der Waals surface area contributed by atoms with E-state index in [1.165, 1.54) is 77.0 Å². The van der Waals surface area contributed by atoms with Gasteiger partial charge in [0.15, 0.2) is 0 Å². The zero-order chi connectivity index (χ0) is 15.4. The molecule has 1 N–H and O–H groups in total. The van der Waals surface area contributed by atoms with Gasteiger partial charge in [-0.3, -0.25) is 0 Å². The lowest BCUT2D eigenvalue weighted by Crippen LogP contribution is -1.97. The Balaban J connectivity index is 2.91. The number of aliphatic hydroxyl groups is 1. The molecule has 0 bridgehead atoms. The van der Waals surface area contributed by atoms with Crippen molar-refractivity contribution in [1.29, 1.82) is 0 Å². The highest BCUT2D eigenvalue weighted by Crippen LogP contribution is 2.09. The van der Waals surface area contributed by atoms with E-state index in [0.29, 0.717) is 6.61 Å². The van der Waals surface area contributed by atoms with Crippen LogP contribution in [0.25, 0.3) is 0 Å². The quantitative estimate of drug-likeness (QED) is 0.262. The van der Waals surface area contributed by atoms with Gasteiger partial charge in [0.25, 0.3) is 0 Å². The van der Waals surface area contributed by atoms with Gasteiger partial charge in [-0.15, -0.1) is 6.58 Å². The molecule has 21 heavy (non-hydrogen) atoms. The summed E-state index contributed by atoms with van der Waals surface area (Å²) >= 11 is 0. The zero-order valence-corrected chi connectivity index (χ0v) is 14.2. The Morgan fingerprint density at radius 1 is 0.619 bits per heavy atom. The summed E-state index contributed by atoms with van der Waals surface area (Å²) in [5.41, 5.74) is 0. The number of allylic oxidation sites excluding steroid dienone is 1. The lowest BCUT2D eigenvalue weighted by Gasteiger charge is -2.04. The minimum atomic E-state index is 0.356. The predicted molar refractivity (Wildman–Crippen MR) is 92.7 cm³/mol. The van der Waals surface area contributed by atoms with E-state index in [2.05, 4.69) is 6.58 Å². The van der Waals surface area contributed by atoms with E-state index in [0.717, 1.165) is 26.1 Å². The molecule has 0 aliphatic heterocycles. The third-order valence-corrected chi connectivity index (χ3v) is 3.89. The van der Waals surface area contributed by atoms with Gasteiger partial charge in [-0.1, -0.05) is 63.9 Å². The molecule has 0 unspecified atom stereocenters. The Morgan fingerprint density at radius 2 is 1.05 bits per heavy atom. The van der Waals surface area contributed by atoms with Gasteiger partial charge in [0.2, 0.25) is 0 Å². The lowest BCUT2D eigenvalue weighted by atomic mass is 10.1. The van der Waals surface area contributed by atoms with Crippen LogP contribution in [0, 0.1) is 0 Å². The van der Waals surface area contributed by atoms with Gasteiger partial charge >= 0.3 is 0 Å². The number of ether oxygens (including phenoxy) is 1. The van der Waals surface area contributed by atoms with Gasteiger partial charge in [0.05, 0.1) is 0 Å². The molecule has 0 saturated heterocycles. The molecule has 126 valence electrons. The molecule has 0 amide bonds. The van der Waals surface area contributed by atoms with Crippen molar-refractivity contribution in [2.24, 2.45) is 0 Å². The molecular formula is C19H38O2. The number of hydrogen-bond acceptors (Lipinski definition) is 2. The smallest absolute Gasteiger partial charge is 0.0466 e. The van der Waals surface area contributed by atoms with E-state index < -0.39 is 0 Å². The van der Waals surface area contributed by atoms with Gasteiger partial charge in [-0.25, -0.2) is 0 Å². The molecule has 0 saturated carbocycles. The highest BCUT2D eigenvalue weighted by atomic mass is 16.5. The van der Waals surface area contributed by atoms with Crippen molar-refractivity contribution in [3.63, 3.8) is 0 Å². The van der Waals surface area contributed by atoms with Gasteiger partial charge in [0.1, 0.15) is 0 Å². The summed E-state index contributed by atoms with van der Waals surface area (Å²) in [7, 11) is 0. The summed E-state index contributed by atoms with van der Waals surface area (Å²) < 4.78 is 5.67. The fourth-order valence-electron chi connectivity index (χ4n) is 2.50. The van der Waals surface area contributed by atoms with Crippen LogP contribution in [0.1, 0.15) is 89.9 Å². The molecule has 2 nitrogen and oxygen atoms in total. The second-order valence-corrected chi connectivity index (χ2v) is 6.01. The lowest BCUT2D eigenvalue weighted by molar-refractivity contribution is 0.125. The molecule has 0 aliphatic rings. The van der Waals surface area contributed by atoms with Gasteiger partial charge < -0.3 is 9.84 Å². The minimum absolute atomic E-state index is 0.356. The maximum Gasteiger partial charge on any atom is 0.0466 e. The fraction of sp³-hybridized carbons (Fsp3) is 0.895. The minimum Gasteiger partial charge on any atom is -0.396 e. The average Bonchev–Trinajstić information content (AvgIpc) is 2.50. The molecule has 0 heterocycles. The molecule has 0 aromatic heterocycles. The van der Waals surface area contributed by atoms with Crippen LogP contribution in [0.2, 0.25) is 0 Å². The second-order valence-electron chi connectivity index (χ2n) is 6.01. The Labute approximate surface area is 133 Å². The summed E-state index contributed by atoms with van der Waals surface area (Å²) in [5, 5.41) is 8.68. The van der Waals surface area contributed by atoms with Crippen molar-refractivity contribution >= 4 is 0 Å². The summed E-state index contributed by atoms with van der Waals surface area (Å²) in [6.45, 7) is 5.98.